The van der Waals surface area contributed by atoms with Gasteiger partial charge in [0.05, 0.1) is 12.2 Å². The molecule has 0 aromatic carbocycles. The average molecular weight is 243 g/mol. The van der Waals surface area contributed by atoms with Gasteiger partial charge in [-0.3, -0.25) is 4.57 Å². The fourth-order valence-electron chi connectivity index (χ4n) is 0.751. The molecule has 0 aliphatic rings. The number of aliphatic hydroxyl groups excluding tert-OH is 1. The Morgan fingerprint density at radius 3 is 1.86 bits per heavy atom. The van der Waals surface area contributed by atoms with Crippen molar-refractivity contribution in [3.8, 4) is 0 Å². The maximum absolute atomic E-state index is 12.0. The first-order chi connectivity index (χ1) is 6.31. The molecular weight excluding hydrogens is 227 g/mol. The third kappa shape index (κ3) is 4.47. The van der Waals surface area contributed by atoms with E-state index in [0.717, 1.165) is 0 Å². The first kappa shape index (κ1) is 14.0. The molecule has 0 aliphatic carbocycles. The van der Waals surface area contributed by atoms with Crippen LogP contribution >= 0.6 is 19.2 Å². The molecular formula is C8H16ClO4P. The Kier molecular flexibility index (Phi) is 5.75. The largest absolute Gasteiger partial charge is 0.514 e. The lowest BCUT2D eigenvalue weighted by molar-refractivity contribution is 0.148. The van der Waals surface area contributed by atoms with E-state index in [4.69, 9.17) is 25.8 Å². The smallest absolute Gasteiger partial charge is 0.376 e. The summed E-state index contributed by atoms with van der Waals surface area (Å²) in [6.07, 6.45) is -0.0610. The third-order valence-corrected chi connectivity index (χ3v) is 3.82. The fourth-order valence-corrected chi connectivity index (χ4v) is 2.49. The highest BCUT2D eigenvalue weighted by atomic mass is 35.5. The Morgan fingerprint density at radius 2 is 1.64 bits per heavy atom. The molecule has 0 rings (SSSR count). The molecule has 1 N–H and O–H groups in total. The molecule has 4 nitrogen and oxygen atoms in total. The van der Waals surface area contributed by atoms with Crippen LogP contribution in [0.15, 0.2) is 11.0 Å². The highest BCUT2D eigenvalue weighted by Gasteiger charge is 2.32. The summed E-state index contributed by atoms with van der Waals surface area (Å²) in [5.74, 6) is 0. The summed E-state index contributed by atoms with van der Waals surface area (Å²) in [7, 11) is -3.55. The highest BCUT2D eigenvalue weighted by Crippen LogP contribution is 2.59. The number of hydrogen-bond donors (Lipinski definition) is 1. The second kappa shape index (κ2) is 5.76. The predicted octanol–water partition coefficient (Wildman–Crippen LogP) is 3.63. The van der Waals surface area contributed by atoms with Gasteiger partial charge in [0, 0.05) is 0 Å². The first-order valence-corrected chi connectivity index (χ1v) is 6.21. The molecule has 0 heterocycles. The van der Waals surface area contributed by atoms with Crippen LogP contribution in [0.2, 0.25) is 0 Å². The normalized spacial score (nSPS) is 14.1. The zero-order valence-electron chi connectivity index (χ0n) is 8.73. The van der Waals surface area contributed by atoms with E-state index in [9.17, 15) is 4.57 Å². The van der Waals surface area contributed by atoms with Gasteiger partial charge in [0.25, 0.3) is 0 Å². The van der Waals surface area contributed by atoms with Crippen molar-refractivity contribution >= 4 is 19.2 Å². The SMILES string of the molecule is CC(C)OP(=O)(OC(C)C)/C(Cl)=C/O. The van der Waals surface area contributed by atoms with Crippen LogP contribution in [0.5, 0.6) is 0 Å². The number of hydrogen-bond acceptors (Lipinski definition) is 4. The van der Waals surface area contributed by atoms with Crippen LogP contribution in [0.1, 0.15) is 27.7 Å². The van der Waals surface area contributed by atoms with E-state index in [-0.39, 0.29) is 17.0 Å². The van der Waals surface area contributed by atoms with Gasteiger partial charge in [-0.25, -0.2) is 0 Å². The Balaban J connectivity index is 4.77. The molecule has 6 heteroatoms. The lowest BCUT2D eigenvalue weighted by Crippen LogP contribution is -2.07. The zero-order valence-corrected chi connectivity index (χ0v) is 10.4. The van der Waals surface area contributed by atoms with Crippen molar-refractivity contribution in [2.75, 3.05) is 0 Å². The minimum atomic E-state index is -3.55. The molecule has 84 valence electrons. The van der Waals surface area contributed by atoms with E-state index in [1.807, 2.05) is 0 Å². The van der Waals surface area contributed by atoms with E-state index in [1.165, 1.54) is 0 Å². The van der Waals surface area contributed by atoms with E-state index >= 15 is 0 Å². The summed E-state index contributed by atoms with van der Waals surface area (Å²) in [6.45, 7) is 6.82. The van der Waals surface area contributed by atoms with E-state index in [1.54, 1.807) is 27.7 Å². The lowest BCUT2D eigenvalue weighted by atomic mass is 10.5. The van der Waals surface area contributed by atoms with Crippen molar-refractivity contribution < 1.29 is 18.7 Å². The van der Waals surface area contributed by atoms with Gasteiger partial charge in [-0.15, -0.1) is 0 Å². The van der Waals surface area contributed by atoms with Crippen LogP contribution in [0.25, 0.3) is 0 Å². The van der Waals surface area contributed by atoms with E-state index in [2.05, 4.69) is 0 Å². The highest BCUT2D eigenvalue weighted by molar-refractivity contribution is 7.61. The standard InChI is InChI=1S/C8H16ClO4P/c1-6(2)12-14(11,8(9)5-10)13-7(3)4/h5-7,10H,1-4H3/b8-5+. The van der Waals surface area contributed by atoms with Crippen molar-refractivity contribution in [1.29, 1.82) is 0 Å². The maximum atomic E-state index is 12.0. The fraction of sp³-hybridized carbons (Fsp3) is 0.750. The average Bonchev–Trinajstić information content (AvgIpc) is 1.99. The molecule has 0 aromatic heterocycles. The molecule has 0 unspecified atom stereocenters. The summed E-state index contributed by atoms with van der Waals surface area (Å²) in [4.78, 5) is 0. The molecule has 0 spiro atoms. The summed E-state index contributed by atoms with van der Waals surface area (Å²) in [6, 6.07) is 0. The van der Waals surface area contributed by atoms with E-state index < -0.39 is 7.60 Å². The Labute approximate surface area is 89.4 Å². The topological polar surface area (TPSA) is 55.8 Å². The van der Waals surface area contributed by atoms with Crippen molar-refractivity contribution in [2.45, 2.75) is 39.9 Å². The summed E-state index contributed by atoms with van der Waals surface area (Å²) >= 11 is 5.56. The Hall–Kier alpha value is -0.0200. The van der Waals surface area contributed by atoms with Crippen molar-refractivity contribution in [3.63, 3.8) is 0 Å². The van der Waals surface area contributed by atoms with Gasteiger partial charge >= 0.3 is 7.60 Å². The summed E-state index contributed by atoms with van der Waals surface area (Å²) in [5.41, 5.74) is 0. The molecule has 0 amide bonds. The van der Waals surface area contributed by atoms with Crippen LogP contribution in [-0.4, -0.2) is 17.3 Å². The van der Waals surface area contributed by atoms with Crippen LogP contribution in [0.3, 0.4) is 0 Å². The second-order valence-electron chi connectivity index (χ2n) is 3.26. The van der Waals surface area contributed by atoms with Crippen molar-refractivity contribution in [1.82, 2.24) is 0 Å². The van der Waals surface area contributed by atoms with Crippen molar-refractivity contribution in [3.05, 3.63) is 11.0 Å². The molecule has 0 saturated heterocycles. The number of halogens is 1. The van der Waals surface area contributed by atoms with Gasteiger partial charge in [-0.05, 0) is 27.7 Å². The van der Waals surface area contributed by atoms with Crippen LogP contribution < -0.4 is 0 Å². The van der Waals surface area contributed by atoms with Gasteiger partial charge in [0.2, 0.25) is 0 Å². The third-order valence-electron chi connectivity index (χ3n) is 1.07. The zero-order chi connectivity index (χ0) is 11.4. The van der Waals surface area contributed by atoms with Crippen LogP contribution in [0.4, 0.5) is 0 Å². The van der Waals surface area contributed by atoms with Gasteiger partial charge < -0.3 is 14.2 Å². The molecule has 0 saturated carbocycles. The van der Waals surface area contributed by atoms with Gasteiger partial charge in [0.15, 0.2) is 4.77 Å². The Morgan fingerprint density at radius 1 is 1.29 bits per heavy atom. The molecule has 0 aromatic rings. The van der Waals surface area contributed by atoms with Crippen molar-refractivity contribution in [2.24, 2.45) is 0 Å². The minimum absolute atomic E-state index is 0.298. The quantitative estimate of drug-likeness (QED) is 0.591. The van der Waals surface area contributed by atoms with E-state index in [0.29, 0.717) is 6.26 Å². The summed E-state index contributed by atoms with van der Waals surface area (Å²) < 4.78 is 21.8. The molecule has 14 heavy (non-hydrogen) atoms. The van der Waals surface area contributed by atoms with Crippen LogP contribution in [0, 0.1) is 0 Å². The molecule has 0 fully saturated rings. The van der Waals surface area contributed by atoms with Crippen LogP contribution in [-0.2, 0) is 13.6 Å². The summed E-state index contributed by atoms with van der Waals surface area (Å²) in [5, 5.41) is 8.67. The number of aliphatic hydroxyl groups is 1. The molecule has 0 atom stereocenters. The Bertz CT molecular complexity index is 236. The molecule has 0 bridgehead atoms. The van der Waals surface area contributed by atoms with Gasteiger partial charge in [-0.1, -0.05) is 11.6 Å². The predicted molar refractivity (Wildman–Crippen MR) is 56.6 cm³/mol. The van der Waals surface area contributed by atoms with Gasteiger partial charge in [0.1, 0.15) is 6.26 Å². The maximum Gasteiger partial charge on any atom is 0.376 e. The first-order valence-electron chi connectivity index (χ1n) is 4.29. The lowest BCUT2D eigenvalue weighted by Gasteiger charge is -2.21. The molecule has 0 aliphatic heterocycles. The number of rotatable bonds is 5. The molecule has 0 radical (unpaired) electrons. The monoisotopic (exact) mass is 242 g/mol. The minimum Gasteiger partial charge on any atom is -0.514 e. The second-order valence-corrected chi connectivity index (χ2v) is 5.83. The van der Waals surface area contributed by atoms with Gasteiger partial charge in [-0.2, -0.15) is 0 Å².